The Morgan fingerprint density at radius 1 is 0.913 bits per heavy atom. The number of hydrogen-bond acceptors (Lipinski definition) is 2. The summed E-state index contributed by atoms with van der Waals surface area (Å²) in [6, 6.07) is 4.61. The molecule has 0 saturated carbocycles. The van der Waals surface area contributed by atoms with Gasteiger partial charge in [0.2, 0.25) is 0 Å². The van der Waals surface area contributed by atoms with Gasteiger partial charge in [0.1, 0.15) is 12.0 Å². The first kappa shape index (κ1) is 16.9. The zero-order chi connectivity index (χ0) is 17.2. The Kier molecular flexibility index (Phi) is 4.63. The highest BCUT2D eigenvalue weighted by Gasteiger charge is 2.28. The van der Waals surface area contributed by atoms with E-state index in [-0.39, 0.29) is 22.4 Å². The molecule has 122 valence electrons. The molecule has 0 aliphatic heterocycles. The van der Waals surface area contributed by atoms with Crippen molar-refractivity contribution in [3.63, 3.8) is 0 Å². The van der Waals surface area contributed by atoms with Gasteiger partial charge in [0.05, 0.1) is 0 Å². The lowest BCUT2D eigenvalue weighted by atomic mass is 10.0. The van der Waals surface area contributed by atoms with E-state index in [0.717, 1.165) is 12.1 Å². The molecule has 23 heavy (non-hydrogen) atoms. The summed E-state index contributed by atoms with van der Waals surface area (Å²) in [5.41, 5.74) is -0.212. The van der Waals surface area contributed by atoms with Gasteiger partial charge in [-0.05, 0) is 41.5 Å². The molecule has 0 aliphatic rings. The highest BCUT2D eigenvalue weighted by molar-refractivity contribution is 5.80. The molecular formula is C15H8F6O2. The minimum atomic E-state index is -4.59. The van der Waals surface area contributed by atoms with Gasteiger partial charge in [0.15, 0.2) is 24.1 Å². The van der Waals surface area contributed by atoms with Crippen LogP contribution < -0.4 is 4.74 Å². The number of aldehydes is 1. The van der Waals surface area contributed by atoms with E-state index >= 15 is 0 Å². The average molecular weight is 334 g/mol. The molecule has 0 amide bonds. The van der Waals surface area contributed by atoms with Crippen LogP contribution in [0.1, 0.15) is 10.4 Å². The van der Waals surface area contributed by atoms with Crippen molar-refractivity contribution in [3.8, 4) is 16.9 Å². The Labute approximate surface area is 126 Å². The van der Waals surface area contributed by atoms with Crippen LogP contribution in [0.4, 0.5) is 26.3 Å². The van der Waals surface area contributed by atoms with E-state index in [4.69, 9.17) is 0 Å². The minimum Gasteiger partial charge on any atom is -0.484 e. The van der Waals surface area contributed by atoms with Gasteiger partial charge in [0, 0.05) is 5.56 Å². The lowest BCUT2D eigenvalue weighted by Crippen LogP contribution is -2.19. The topological polar surface area (TPSA) is 26.3 Å². The van der Waals surface area contributed by atoms with Crippen molar-refractivity contribution < 1.29 is 35.9 Å². The van der Waals surface area contributed by atoms with Crippen LogP contribution in [0.25, 0.3) is 11.1 Å². The lowest BCUT2D eigenvalue weighted by Gasteiger charge is -2.11. The first-order chi connectivity index (χ1) is 10.7. The number of rotatable bonds is 4. The van der Waals surface area contributed by atoms with Crippen molar-refractivity contribution >= 4 is 6.29 Å². The summed E-state index contributed by atoms with van der Waals surface area (Å²) in [5, 5.41) is 0. The van der Waals surface area contributed by atoms with Crippen LogP contribution in [0, 0.1) is 17.5 Å². The van der Waals surface area contributed by atoms with E-state index in [1.807, 2.05) is 0 Å². The van der Waals surface area contributed by atoms with Gasteiger partial charge in [-0.25, -0.2) is 13.2 Å². The van der Waals surface area contributed by atoms with Crippen LogP contribution in [0.2, 0.25) is 0 Å². The molecule has 0 bridgehead atoms. The van der Waals surface area contributed by atoms with Crippen molar-refractivity contribution in [2.45, 2.75) is 6.18 Å². The van der Waals surface area contributed by atoms with Crippen LogP contribution in [-0.2, 0) is 0 Å². The maximum absolute atomic E-state index is 13.2. The second-order valence-corrected chi connectivity index (χ2v) is 4.57. The van der Waals surface area contributed by atoms with Crippen LogP contribution in [0.15, 0.2) is 30.3 Å². The predicted molar refractivity (Wildman–Crippen MR) is 68.7 cm³/mol. The fourth-order valence-corrected chi connectivity index (χ4v) is 1.83. The molecule has 0 radical (unpaired) electrons. The van der Waals surface area contributed by atoms with Gasteiger partial charge in [-0.15, -0.1) is 0 Å². The molecule has 0 unspecified atom stereocenters. The summed E-state index contributed by atoms with van der Waals surface area (Å²) in [5.74, 6) is -4.91. The molecule has 0 aromatic heterocycles. The molecule has 2 aromatic rings. The third-order valence-corrected chi connectivity index (χ3v) is 2.78. The third kappa shape index (κ3) is 4.24. The smallest absolute Gasteiger partial charge is 0.422 e. The molecule has 2 nitrogen and oxygen atoms in total. The lowest BCUT2D eigenvalue weighted by molar-refractivity contribution is -0.153. The van der Waals surface area contributed by atoms with Crippen LogP contribution in [0.3, 0.4) is 0 Å². The highest BCUT2D eigenvalue weighted by atomic mass is 19.4. The van der Waals surface area contributed by atoms with E-state index in [2.05, 4.69) is 4.74 Å². The predicted octanol–water partition coefficient (Wildman–Crippen LogP) is 4.52. The van der Waals surface area contributed by atoms with Gasteiger partial charge in [-0.3, -0.25) is 4.79 Å². The number of carbonyl (C=O) groups excluding carboxylic acids is 1. The summed E-state index contributed by atoms with van der Waals surface area (Å²) >= 11 is 0. The molecule has 0 atom stereocenters. The number of ether oxygens (including phenoxy) is 1. The first-order valence-corrected chi connectivity index (χ1v) is 6.14. The fourth-order valence-electron chi connectivity index (χ4n) is 1.83. The monoisotopic (exact) mass is 334 g/mol. The van der Waals surface area contributed by atoms with Crippen molar-refractivity contribution in [3.05, 3.63) is 53.3 Å². The molecular weight excluding hydrogens is 326 g/mol. The SMILES string of the molecule is O=Cc1cc(OCC(F)(F)F)cc(-c2cc(F)c(F)c(F)c2)c1. The zero-order valence-electron chi connectivity index (χ0n) is 11.3. The molecule has 0 aliphatic carbocycles. The Morgan fingerprint density at radius 3 is 2.00 bits per heavy atom. The molecule has 0 saturated heterocycles. The third-order valence-electron chi connectivity index (χ3n) is 2.78. The molecule has 2 rings (SSSR count). The minimum absolute atomic E-state index is 0.00424. The van der Waals surface area contributed by atoms with E-state index in [0.29, 0.717) is 18.4 Å². The van der Waals surface area contributed by atoms with E-state index in [1.165, 1.54) is 6.07 Å². The van der Waals surface area contributed by atoms with Crippen molar-refractivity contribution in [2.75, 3.05) is 6.61 Å². The fraction of sp³-hybridized carbons (Fsp3) is 0.133. The maximum Gasteiger partial charge on any atom is 0.422 e. The Hall–Kier alpha value is -2.51. The number of carbonyl (C=O) groups is 1. The Morgan fingerprint density at radius 2 is 1.48 bits per heavy atom. The van der Waals surface area contributed by atoms with Gasteiger partial charge in [0.25, 0.3) is 0 Å². The normalized spacial score (nSPS) is 11.4. The average Bonchev–Trinajstić information content (AvgIpc) is 2.49. The molecule has 0 spiro atoms. The summed E-state index contributed by atoms with van der Waals surface area (Å²) in [6.07, 6.45) is -4.26. The standard InChI is InChI=1S/C15H8F6O2/c16-12-4-10(5-13(17)14(12)18)9-1-8(6-22)2-11(3-9)23-7-15(19,20)21/h1-6H,7H2. The zero-order valence-corrected chi connectivity index (χ0v) is 11.3. The van der Waals surface area contributed by atoms with Gasteiger partial charge < -0.3 is 4.74 Å². The molecule has 0 heterocycles. The van der Waals surface area contributed by atoms with Crippen molar-refractivity contribution in [1.29, 1.82) is 0 Å². The second-order valence-electron chi connectivity index (χ2n) is 4.57. The van der Waals surface area contributed by atoms with Gasteiger partial charge in [-0.1, -0.05) is 0 Å². The summed E-state index contributed by atoms with van der Waals surface area (Å²) in [6.45, 7) is -1.60. The number of alkyl halides is 3. The Balaban J connectivity index is 2.44. The van der Waals surface area contributed by atoms with Gasteiger partial charge >= 0.3 is 6.18 Å². The molecule has 2 aromatic carbocycles. The maximum atomic E-state index is 13.2. The van der Waals surface area contributed by atoms with Crippen molar-refractivity contribution in [1.82, 2.24) is 0 Å². The molecule has 8 heteroatoms. The molecule has 0 fully saturated rings. The largest absolute Gasteiger partial charge is 0.484 e. The summed E-state index contributed by atoms with van der Waals surface area (Å²) in [7, 11) is 0. The quantitative estimate of drug-likeness (QED) is 0.467. The second kappa shape index (κ2) is 6.31. The van der Waals surface area contributed by atoms with Crippen molar-refractivity contribution in [2.24, 2.45) is 0 Å². The van der Waals surface area contributed by atoms with E-state index < -0.39 is 30.2 Å². The van der Waals surface area contributed by atoms with Crippen LogP contribution in [-0.4, -0.2) is 19.1 Å². The van der Waals surface area contributed by atoms with Gasteiger partial charge in [-0.2, -0.15) is 13.2 Å². The number of benzene rings is 2. The summed E-state index contributed by atoms with van der Waals surface area (Å²) < 4.78 is 80.4. The number of hydrogen-bond donors (Lipinski definition) is 0. The van der Waals surface area contributed by atoms with Crippen LogP contribution >= 0.6 is 0 Å². The number of halogens is 6. The molecule has 0 N–H and O–H groups in total. The van der Waals surface area contributed by atoms with Crippen LogP contribution in [0.5, 0.6) is 5.75 Å². The van der Waals surface area contributed by atoms with E-state index in [1.54, 1.807) is 0 Å². The van der Waals surface area contributed by atoms with E-state index in [9.17, 15) is 31.1 Å². The highest BCUT2D eigenvalue weighted by Crippen LogP contribution is 2.29. The first-order valence-electron chi connectivity index (χ1n) is 6.14. The summed E-state index contributed by atoms with van der Waals surface area (Å²) in [4.78, 5) is 10.8. The Bertz CT molecular complexity index is 716.